The van der Waals surface area contributed by atoms with Crippen molar-refractivity contribution in [3.63, 3.8) is 0 Å². The summed E-state index contributed by atoms with van der Waals surface area (Å²) in [6.07, 6.45) is 0. The SMILES string of the molecule is Cc1ccc2cc(-c3nc(C)c(C)nc3Cl)ccc2n1. The van der Waals surface area contributed by atoms with Crippen molar-refractivity contribution >= 4 is 22.5 Å². The largest absolute Gasteiger partial charge is 0.253 e. The van der Waals surface area contributed by atoms with Gasteiger partial charge in [0.05, 0.1) is 16.9 Å². The van der Waals surface area contributed by atoms with E-state index in [0.29, 0.717) is 5.15 Å². The summed E-state index contributed by atoms with van der Waals surface area (Å²) in [5.74, 6) is 0. The Balaban J connectivity index is 2.20. The van der Waals surface area contributed by atoms with Crippen molar-refractivity contribution in [2.45, 2.75) is 20.8 Å². The maximum absolute atomic E-state index is 6.22. The van der Waals surface area contributed by atoms with E-state index in [-0.39, 0.29) is 0 Å². The van der Waals surface area contributed by atoms with Crippen molar-refractivity contribution in [2.75, 3.05) is 0 Å². The van der Waals surface area contributed by atoms with Gasteiger partial charge in [-0.3, -0.25) is 4.98 Å². The molecule has 2 aromatic heterocycles. The van der Waals surface area contributed by atoms with E-state index in [0.717, 1.165) is 39.2 Å². The van der Waals surface area contributed by atoms with Crippen LogP contribution < -0.4 is 0 Å². The topological polar surface area (TPSA) is 38.7 Å². The zero-order valence-electron chi connectivity index (χ0n) is 11.6. The van der Waals surface area contributed by atoms with E-state index in [2.05, 4.69) is 21.0 Å². The number of pyridine rings is 1. The van der Waals surface area contributed by atoms with Gasteiger partial charge in [-0.1, -0.05) is 23.7 Å². The summed E-state index contributed by atoms with van der Waals surface area (Å²) in [6, 6.07) is 10.1. The lowest BCUT2D eigenvalue weighted by Gasteiger charge is -2.08. The van der Waals surface area contributed by atoms with E-state index in [4.69, 9.17) is 11.6 Å². The van der Waals surface area contributed by atoms with E-state index in [9.17, 15) is 0 Å². The van der Waals surface area contributed by atoms with Crippen LogP contribution in [-0.4, -0.2) is 15.0 Å². The van der Waals surface area contributed by atoms with Gasteiger partial charge in [0.1, 0.15) is 5.69 Å². The fourth-order valence-corrected chi connectivity index (χ4v) is 2.41. The van der Waals surface area contributed by atoms with Crippen LogP contribution in [0.2, 0.25) is 5.15 Å². The molecule has 0 aliphatic rings. The van der Waals surface area contributed by atoms with Gasteiger partial charge < -0.3 is 0 Å². The quantitative estimate of drug-likeness (QED) is 0.669. The van der Waals surface area contributed by atoms with Crippen LogP contribution in [-0.2, 0) is 0 Å². The summed E-state index contributed by atoms with van der Waals surface area (Å²) in [6.45, 7) is 5.83. The third kappa shape index (κ3) is 2.25. The summed E-state index contributed by atoms with van der Waals surface area (Å²) >= 11 is 6.22. The highest BCUT2D eigenvalue weighted by atomic mass is 35.5. The first-order valence-corrected chi connectivity index (χ1v) is 6.81. The molecule has 3 rings (SSSR count). The molecule has 0 saturated carbocycles. The molecule has 0 aliphatic heterocycles. The zero-order valence-corrected chi connectivity index (χ0v) is 12.4. The minimum Gasteiger partial charge on any atom is -0.253 e. The van der Waals surface area contributed by atoms with Crippen molar-refractivity contribution in [3.05, 3.63) is 52.6 Å². The van der Waals surface area contributed by atoms with Crippen LogP contribution in [0, 0.1) is 20.8 Å². The maximum atomic E-state index is 6.22. The Hall–Kier alpha value is -2.00. The molecule has 0 atom stereocenters. The molecule has 20 heavy (non-hydrogen) atoms. The number of aromatic nitrogens is 3. The Labute approximate surface area is 122 Å². The molecule has 4 heteroatoms. The number of hydrogen-bond acceptors (Lipinski definition) is 3. The lowest BCUT2D eigenvalue weighted by atomic mass is 10.1. The van der Waals surface area contributed by atoms with Gasteiger partial charge in [0.15, 0.2) is 5.15 Å². The van der Waals surface area contributed by atoms with E-state index < -0.39 is 0 Å². The van der Waals surface area contributed by atoms with E-state index >= 15 is 0 Å². The van der Waals surface area contributed by atoms with E-state index in [1.54, 1.807) is 0 Å². The highest BCUT2D eigenvalue weighted by Crippen LogP contribution is 2.27. The molecule has 0 fully saturated rings. The van der Waals surface area contributed by atoms with Crippen molar-refractivity contribution in [3.8, 4) is 11.3 Å². The van der Waals surface area contributed by atoms with Gasteiger partial charge in [0.2, 0.25) is 0 Å². The molecule has 0 bridgehead atoms. The number of rotatable bonds is 1. The molecule has 0 radical (unpaired) electrons. The Morgan fingerprint density at radius 3 is 2.40 bits per heavy atom. The lowest BCUT2D eigenvalue weighted by Crippen LogP contribution is -1.96. The summed E-state index contributed by atoms with van der Waals surface area (Å²) in [5, 5.41) is 1.51. The molecule has 0 amide bonds. The van der Waals surface area contributed by atoms with Crippen molar-refractivity contribution in [1.82, 2.24) is 15.0 Å². The molecule has 3 nitrogen and oxygen atoms in total. The number of hydrogen-bond donors (Lipinski definition) is 0. The second kappa shape index (κ2) is 4.84. The standard InChI is InChI=1S/C16H14ClN3/c1-9-4-5-12-8-13(6-7-14(12)18-9)15-16(17)20-11(3)10(2)19-15/h4-8H,1-3H3. The molecule has 2 heterocycles. The molecular weight excluding hydrogens is 270 g/mol. The molecule has 0 N–H and O–H groups in total. The first-order chi connectivity index (χ1) is 9.54. The third-order valence-corrected chi connectivity index (χ3v) is 3.63. The first kappa shape index (κ1) is 13.0. The molecule has 3 aromatic rings. The second-order valence-electron chi connectivity index (χ2n) is 4.89. The Kier molecular flexibility index (Phi) is 3.14. The summed E-state index contributed by atoms with van der Waals surface area (Å²) < 4.78 is 0. The smallest absolute Gasteiger partial charge is 0.155 e. The van der Waals surface area contributed by atoms with Gasteiger partial charge in [-0.15, -0.1) is 0 Å². The normalized spacial score (nSPS) is 11.0. The number of benzene rings is 1. The number of fused-ring (bicyclic) bond motifs is 1. The second-order valence-corrected chi connectivity index (χ2v) is 5.25. The molecule has 1 aromatic carbocycles. The number of halogens is 1. The maximum Gasteiger partial charge on any atom is 0.155 e. The van der Waals surface area contributed by atoms with Gasteiger partial charge in [-0.05, 0) is 39.0 Å². The summed E-state index contributed by atoms with van der Waals surface area (Å²) in [5.41, 5.74) is 5.42. The fourth-order valence-electron chi connectivity index (χ4n) is 2.13. The Morgan fingerprint density at radius 1 is 0.850 bits per heavy atom. The summed E-state index contributed by atoms with van der Waals surface area (Å²) in [7, 11) is 0. The molecule has 0 aliphatic carbocycles. The van der Waals surface area contributed by atoms with E-state index in [1.807, 2.05) is 45.0 Å². The van der Waals surface area contributed by atoms with Crippen LogP contribution in [0.1, 0.15) is 17.1 Å². The van der Waals surface area contributed by atoms with Crippen molar-refractivity contribution in [2.24, 2.45) is 0 Å². The molecule has 0 spiro atoms. The Bertz CT molecular complexity index is 812. The van der Waals surface area contributed by atoms with E-state index in [1.165, 1.54) is 0 Å². The predicted octanol–water partition coefficient (Wildman–Crippen LogP) is 4.27. The number of aryl methyl sites for hydroxylation is 3. The predicted molar refractivity (Wildman–Crippen MR) is 82.0 cm³/mol. The van der Waals surface area contributed by atoms with Crippen LogP contribution in [0.25, 0.3) is 22.2 Å². The van der Waals surface area contributed by atoms with Crippen LogP contribution in [0.3, 0.4) is 0 Å². The molecule has 0 saturated heterocycles. The molecular formula is C16H14ClN3. The van der Waals surface area contributed by atoms with Crippen LogP contribution in [0.15, 0.2) is 30.3 Å². The Morgan fingerprint density at radius 2 is 1.60 bits per heavy atom. The van der Waals surface area contributed by atoms with Gasteiger partial charge in [0, 0.05) is 16.6 Å². The van der Waals surface area contributed by atoms with Gasteiger partial charge >= 0.3 is 0 Å². The highest BCUT2D eigenvalue weighted by Gasteiger charge is 2.10. The fraction of sp³-hybridized carbons (Fsp3) is 0.188. The monoisotopic (exact) mass is 283 g/mol. The first-order valence-electron chi connectivity index (χ1n) is 6.43. The van der Waals surface area contributed by atoms with Crippen LogP contribution in [0.5, 0.6) is 0 Å². The molecule has 100 valence electrons. The van der Waals surface area contributed by atoms with Crippen LogP contribution in [0.4, 0.5) is 0 Å². The van der Waals surface area contributed by atoms with Gasteiger partial charge in [-0.25, -0.2) is 9.97 Å². The average Bonchev–Trinajstić information content (AvgIpc) is 2.42. The van der Waals surface area contributed by atoms with Crippen molar-refractivity contribution in [1.29, 1.82) is 0 Å². The third-order valence-electron chi connectivity index (χ3n) is 3.37. The minimum absolute atomic E-state index is 0.438. The van der Waals surface area contributed by atoms with Gasteiger partial charge in [0.25, 0.3) is 0 Å². The number of nitrogens with zero attached hydrogens (tertiary/aromatic N) is 3. The van der Waals surface area contributed by atoms with Gasteiger partial charge in [-0.2, -0.15) is 0 Å². The van der Waals surface area contributed by atoms with Crippen LogP contribution >= 0.6 is 11.6 Å². The zero-order chi connectivity index (χ0) is 14.3. The van der Waals surface area contributed by atoms with Crippen molar-refractivity contribution < 1.29 is 0 Å². The minimum atomic E-state index is 0.438. The lowest BCUT2D eigenvalue weighted by molar-refractivity contribution is 1.05. The summed E-state index contributed by atoms with van der Waals surface area (Å²) in [4.78, 5) is 13.4. The highest BCUT2D eigenvalue weighted by molar-refractivity contribution is 6.31. The average molecular weight is 284 g/mol. The molecule has 0 unspecified atom stereocenters.